The van der Waals surface area contributed by atoms with Crippen LogP contribution in [0.3, 0.4) is 0 Å². The van der Waals surface area contributed by atoms with Gasteiger partial charge in [0.05, 0.1) is 4.88 Å². The molecule has 0 atom stereocenters. The maximum atomic E-state index is 12.0. The van der Waals surface area contributed by atoms with E-state index < -0.39 is 0 Å². The summed E-state index contributed by atoms with van der Waals surface area (Å²) in [7, 11) is 0. The van der Waals surface area contributed by atoms with Gasteiger partial charge in [0.1, 0.15) is 5.82 Å². The van der Waals surface area contributed by atoms with Crippen LogP contribution in [0.4, 0.5) is 5.82 Å². The Labute approximate surface area is 118 Å². The SMILES string of the molecule is CCc1ccc(C(=O)Nc2ncc(Br)cc2C)s1. The normalized spacial score (nSPS) is 10.4. The van der Waals surface area contributed by atoms with Crippen molar-refractivity contribution in [2.24, 2.45) is 0 Å². The van der Waals surface area contributed by atoms with Crippen LogP contribution in [0.1, 0.15) is 27.0 Å². The van der Waals surface area contributed by atoms with Crippen LogP contribution in [0.15, 0.2) is 28.9 Å². The lowest BCUT2D eigenvalue weighted by Gasteiger charge is -2.06. The molecule has 18 heavy (non-hydrogen) atoms. The number of aryl methyl sites for hydroxylation is 2. The van der Waals surface area contributed by atoms with Gasteiger partial charge < -0.3 is 5.32 Å². The molecular formula is C13H13BrN2OS. The summed E-state index contributed by atoms with van der Waals surface area (Å²) < 4.78 is 0.905. The Morgan fingerprint density at radius 1 is 1.50 bits per heavy atom. The van der Waals surface area contributed by atoms with Crippen LogP contribution in [0.2, 0.25) is 0 Å². The van der Waals surface area contributed by atoms with E-state index in [1.165, 1.54) is 16.2 Å². The Kier molecular flexibility index (Phi) is 4.14. The molecule has 5 heteroatoms. The minimum atomic E-state index is -0.0994. The molecule has 0 radical (unpaired) electrons. The first-order valence-electron chi connectivity index (χ1n) is 5.62. The molecule has 2 aromatic rings. The monoisotopic (exact) mass is 324 g/mol. The minimum Gasteiger partial charge on any atom is -0.306 e. The smallest absolute Gasteiger partial charge is 0.266 e. The van der Waals surface area contributed by atoms with Crippen molar-refractivity contribution < 1.29 is 4.79 Å². The maximum Gasteiger partial charge on any atom is 0.266 e. The number of halogens is 1. The summed E-state index contributed by atoms with van der Waals surface area (Å²) in [6.07, 6.45) is 2.63. The first-order valence-corrected chi connectivity index (χ1v) is 7.23. The zero-order valence-electron chi connectivity index (χ0n) is 10.2. The van der Waals surface area contributed by atoms with E-state index in [9.17, 15) is 4.79 Å². The van der Waals surface area contributed by atoms with E-state index in [0.717, 1.165) is 21.3 Å². The van der Waals surface area contributed by atoms with Crippen molar-refractivity contribution in [2.45, 2.75) is 20.3 Å². The van der Waals surface area contributed by atoms with Crippen LogP contribution in [0.25, 0.3) is 0 Å². The predicted molar refractivity (Wildman–Crippen MR) is 78.3 cm³/mol. The summed E-state index contributed by atoms with van der Waals surface area (Å²) in [5.41, 5.74) is 0.935. The fourth-order valence-corrected chi connectivity index (χ4v) is 2.82. The Morgan fingerprint density at radius 2 is 2.28 bits per heavy atom. The van der Waals surface area contributed by atoms with Crippen molar-refractivity contribution in [1.29, 1.82) is 0 Å². The highest BCUT2D eigenvalue weighted by atomic mass is 79.9. The van der Waals surface area contributed by atoms with E-state index in [2.05, 4.69) is 33.2 Å². The van der Waals surface area contributed by atoms with E-state index >= 15 is 0 Å². The Hall–Kier alpha value is -1.20. The molecule has 0 aliphatic rings. The van der Waals surface area contributed by atoms with Gasteiger partial charge in [0.25, 0.3) is 5.91 Å². The summed E-state index contributed by atoms with van der Waals surface area (Å²) in [5, 5.41) is 2.83. The van der Waals surface area contributed by atoms with Gasteiger partial charge in [0.2, 0.25) is 0 Å². The number of aromatic nitrogens is 1. The third-order valence-corrected chi connectivity index (χ3v) is 4.17. The number of hydrogen-bond acceptors (Lipinski definition) is 3. The van der Waals surface area contributed by atoms with Gasteiger partial charge in [-0.3, -0.25) is 4.79 Å². The number of hydrogen-bond donors (Lipinski definition) is 1. The van der Waals surface area contributed by atoms with Crippen molar-refractivity contribution in [3.05, 3.63) is 44.2 Å². The number of carbonyl (C=O) groups is 1. The third-order valence-electron chi connectivity index (χ3n) is 2.51. The van der Waals surface area contributed by atoms with Crippen LogP contribution in [0, 0.1) is 6.92 Å². The number of nitrogens with zero attached hydrogens (tertiary/aromatic N) is 1. The molecule has 0 aliphatic heterocycles. The first kappa shape index (κ1) is 13.2. The summed E-state index contributed by atoms with van der Waals surface area (Å²) in [4.78, 5) is 18.2. The second-order valence-electron chi connectivity index (χ2n) is 3.89. The van der Waals surface area contributed by atoms with Gasteiger partial charge in [0.15, 0.2) is 0 Å². The molecule has 0 fully saturated rings. The Balaban J connectivity index is 2.16. The standard InChI is InChI=1S/C13H13BrN2OS/c1-3-10-4-5-11(18-10)13(17)16-12-8(2)6-9(14)7-15-12/h4-7H,3H2,1-2H3,(H,15,16,17). The molecule has 0 aromatic carbocycles. The van der Waals surface area contributed by atoms with Gasteiger partial charge in [-0.05, 0) is 53.0 Å². The first-order chi connectivity index (χ1) is 8.60. The number of nitrogens with one attached hydrogen (secondary N) is 1. The topological polar surface area (TPSA) is 42.0 Å². The fraction of sp³-hybridized carbons (Fsp3) is 0.231. The number of thiophene rings is 1. The molecule has 2 rings (SSSR count). The molecule has 0 saturated carbocycles. The van der Waals surface area contributed by atoms with E-state index in [1.807, 2.05) is 25.1 Å². The number of anilines is 1. The molecule has 1 amide bonds. The van der Waals surface area contributed by atoms with Crippen molar-refractivity contribution in [2.75, 3.05) is 5.32 Å². The molecule has 1 N–H and O–H groups in total. The summed E-state index contributed by atoms with van der Waals surface area (Å²) in [5.74, 6) is 0.507. The van der Waals surface area contributed by atoms with E-state index in [1.54, 1.807) is 6.20 Å². The zero-order chi connectivity index (χ0) is 13.1. The average molecular weight is 325 g/mol. The molecule has 0 bridgehead atoms. The van der Waals surface area contributed by atoms with Crippen LogP contribution >= 0.6 is 27.3 Å². The lowest BCUT2D eigenvalue weighted by atomic mass is 10.3. The molecule has 94 valence electrons. The number of carbonyl (C=O) groups excluding carboxylic acids is 1. The largest absolute Gasteiger partial charge is 0.306 e. The molecule has 0 aliphatic carbocycles. The summed E-state index contributed by atoms with van der Waals surface area (Å²) in [6, 6.07) is 5.77. The minimum absolute atomic E-state index is 0.0994. The molecule has 3 nitrogen and oxygen atoms in total. The quantitative estimate of drug-likeness (QED) is 0.926. The summed E-state index contributed by atoms with van der Waals surface area (Å²) >= 11 is 4.87. The van der Waals surface area contributed by atoms with E-state index in [0.29, 0.717) is 5.82 Å². The van der Waals surface area contributed by atoms with Crippen molar-refractivity contribution >= 4 is 39.0 Å². The van der Waals surface area contributed by atoms with Crippen molar-refractivity contribution in [3.8, 4) is 0 Å². The Morgan fingerprint density at radius 3 is 2.89 bits per heavy atom. The molecule has 2 aromatic heterocycles. The lowest BCUT2D eigenvalue weighted by molar-refractivity contribution is 0.103. The third kappa shape index (κ3) is 2.97. The van der Waals surface area contributed by atoms with Gasteiger partial charge in [-0.25, -0.2) is 4.98 Å². The number of pyridine rings is 1. The Bertz CT molecular complexity index is 580. The van der Waals surface area contributed by atoms with Crippen molar-refractivity contribution in [1.82, 2.24) is 4.98 Å². The number of amides is 1. The second-order valence-corrected chi connectivity index (χ2v) is 5.98. The lowest BCUT2D eigenvalue weighted by Crippen LogP contribution is -2.12. The maximum absolute atomic E-state index is 12.0. The van der Waals surface area contributed by atoms with Gasteiger partial charge in [-0.15, -0.1) is 11.3 Å². The number of rotatable bonds is 3. The van der Waals surface area contributed by atoms with E-state index in [-0.39, 0.29) is 5.91 Å². The van der Waals surface area contributed by atoms with Gasteiger partial charge in [0, 0.05) is 15.5 Å². The van der Waals surface area contributed by atoms with Crippen LogP contribution < -0.4 is 5.32 Å². The van der Waals surface area contributed by atoms with Gasteiger partial charge >= 0.3 is 0 Å². The van der Waals surface area contributed by atoms with Gasteiger partial charge in [-0.2, -0.15) is 0 Å². The second kappa shape index (κ2) is 5.63. The molecule has 0 unspecified atom stereocenters. The van der Waals surface area contributed by atoms with E-state index in [4.69, 9.17) is 0 Å². The molecule has 0 saturated heterocycles. The van der Waals surface area contributed by atoms with Gasteiger partial charge in [-0.1, -0.05) is 6.92 Å². The molecular weight excluding hydrogens is 312 g/mol. The zero-order valence-corrected chi connectivity index (χ0v) is 12.6. The average Bonchev–Trinajstić information content (AvgIpc) is 2.81. The van der Waals surface area contributed by atoms with Crippen molar-refractivity contribution in [3.63, 3.8) is 0 Å². The highest BCUT2D eigenvalue weighted by Crippen LogP contribution is 2.20. The highest BCUT2D eigenvalue weighted by Gasteiger charge is 2.11. The highest BCUT2D eigenvalue weighted by molar-refractivity contribution is 9.10. The fourth-order valence-electron chi connectivity index (χ4n) is 1.53. The summed E-state index contributed by atoms with van der Waals surface area (Å²) in [6.45, 7) is 3.99. The molecule has 0 spiro atoms. The van der Waals surface area contributed by atoms with Crippen LogP contribution in [0.5, 0.6) is 0 Å². The van der Waals surface area contributed by atoms with Crippen LogP contribution in [-0.4, -0.2) is 10.9 Å². The predicted octanol–water partition coefficient (Wildman–Crippen LogP) is 4.03. The van der Waals surface area contributed by atoms with Crippen LogP contribution in [-0.2, 0) is 6.42 Å². The molecule has 2 heterocycles.